The third-order valence-electron chi connectivity index (χ3n) is 4.82. The number of nitrogens with zero attached hydrogens (tertiary/aromatic N) is 4. The van der Waals surface area contributed by atoms with E-state index >= 15 is 0 Å². The molecule has 144 valence electrons. The first-order valence-electron chi connectivity index (χ1n) is 9.19. The first-order chi connectivity index (χ1) is 13.7. The van der Waals surface area contributed by atoms with Crippen LogP contribution in [0, 0.1) is 5.92 Å². The number of thiophene rings is 1. The zero-order valence-electron chi connectivity index (χ0n) is 15.2. The normalized spacial score (nSPS) is 14.1. The largest absolute Gasteiger partial charge is 0.347 e. The summed E-state index contributed by atoms with van der Waals surface area (Å²) in [5.41, 5.74) is 2.32. The number of carbonyl (C=O) groups is 2. The highest BCUT2D eigenvalue weighted by Gasteiger charge is 2.22. The molecular weight excluding hydrogens is 376 g/mol. The minimum Gasteiger partial charge on any atom is -0.347 e. The molecule has 0 unspecified atom stereocenters. The minimum atomic E-state index is -0.194. The summed E-state index contributed by atoms with van der Waals surface area (Å²) in [6, 6.07) is 9.36. The fourth-order valence-electron chi connectivity index (χ4n) is 3.38. The third kappa shape index (κ3) is 4.09. The lowest BCUT2D eigenvalue weighted by molar-refractivity contribution is -0.119. The lowest BCUT2D eigenvalue weighted by atomic mass is 10.1. The molecule has 1 aliphatic rings. The summed E-state index contributed by atoms with van der Waals surface area (Å²) in [4.78, 5) is 25.4. The second-order valence-corrected chi connectivity index (χ2v) is 7.66. The van der Waals surface area contributed by atoms with Gasteiger partial charge in [-0.2, -0.15) is 4.68 Å². The summed E-state index contributed by atoms with van der Waals surface area (Å²) in [5, 5.41) is 18.8. The second-order valence-electron chi connectivity index (χ2n) is 6.74. The average molecular weight is 396 g/mol. The predicted molar refractivity (Wildman–Crippen MR) is 105 cm³/mol. The molecule has 0 spiro atoms. The van der Waals surface area contributed by atoms with Crippen molar-refractivity contribution in [3.8, 4) is 5.69 Å². The molecule has 9 heteroatoms. The van der Waals surface area contributed by atoms with Crippen molar-refractivity contribution >= 4 is 28.8 Å². The molecule has 8 nitrogen and oxygen atoms in total. The Morgan fingerprint density at radius 2 is 2.07 bits per heavy atom. The summed E-state index contributed by atoms with van der Waals surface area (Å²) in [7, 11) is 0. The molecule has 2 N–H and O–H groups in total. The van der Waals surface area contributed by atoms with E-state index in [0.29, 0.717) is 17.1 Å². The molecule has 0 radical (unpaired) electrons. The molecule has 0 bridgehead atoms. The molecule has 3 aromatic rings. The number of tetrazole rings is 1. The highest BCUT2D eigenvalue weighted by Crippen LogP contribution is 2.26. The Balaban J connectivity index is 1.38. The molecule has 2 aromatic heterocycles. The molecule has 0 aliphatic heterocycles. The molecule has 1 aromatic carbocycles. The maximum Gasteiger partial charge on any atom is 0.263 e. The summed E-state index contributed by atoms with van der Waals surface area (Å²) in [6.45, 7) is 0.360. The van der Waals surface area contributed by atoms with Crippen molar-refractivity contribution in [1.29, 1.82) is 0 Å². The number of hydrogen-bond acceptors (Lipinski definition) is 6. The number of amides is 2. The summed E-state index contributed by atoms with van der Waals surface area (Å²) in [5.74, 6) is 0.0103. The number of benzene rings is 1. The summed E-state index contributed by atoms with van der Waals surface area (Å²) >= 11 is 1.33. The lowest BCUT2D eigenvalue weighted by Crippen LogP contribution is -2.23. The Morgan fingerprint density at radius 1 is 1.21 bits per heavy atom. The van der Waals surface area contributed by atoms with Crippen LogP contribution >= 0.6 is 11.3 Å². The van der Waals surface area contributed by atoms with Gasteiger partial charge in [-0.25, -0.2) is 0 Å². The smallest absolute Gasteiger partial charge is 0.263 e. The van der Waals surface area contributed by atoms with Crippen molar-refractivity contribution < 1.29 is 9.59 Å². The van der Waals surface area contributed by atoms with Gasteiger partial charge in [-0.1, -0.05) is 25.0 Å². The van der Waals surface area contributed by atoms with Crippen LogP contribution in [-0.4, -0.2) is 32.0 Å². The predicted octanol–water partition coefficient (Wildman–Crippen LogP) is 2.78. The van der Waals surface area contributed by atoms with Gasteiger partial charge in [-0.3, -0.25) is 9.59 Å². The van der Waals surface area contributed by atoms with Gasteiger partial charge in [0.15, 0.2) is 0 Å². The van der Waals surface area contributed by atoms with Crippen LogP contribution in [0.5, 0.6) is 0 Å². The Kier molecular flexibility index (Phi) is 5.43. The fourth-order valence-corrected chi connectivity index (χ4v) is 4.17. The van der Waals surface area contributed by atoms with Crippen LogP contribution in [0.4, 0.5) is 5.69 Å². The topological polar surface area (TPSA) is 102 Å². The van der Waals surface area contributed by atoms with Crippen molar-refractivity contribution in [1.82, 2.24) is 25.5 Å². The molecule has 2 amide bonds. The molecule has 28 heavy (non-hydrogen) atoms. The SMILES string of the molecule is O=C(NCc1cccc(NC(=O)C2CCCC2)c1)c1sccc1-n1cnnn1. The Morgan fingerprint density at radius 3 is 2.86 bits per heavy atom. The highest BCUT2D eigenvalue weighted by molar-refractivity contribution is 7.12. The van der Waals surface area contributed by atoms with Crippen molar-refractivity contribution in [3.63, 3.8) is 0 Å². The van der Waals surface area contributed by atoms with Gasteiger partial charge in [0, 0.05) is 18.2 Å². The number of carbonyl (C=O) groups excluding carboxylic acids is 2. The van der Waals surface area contributed by atoms with Crippen molar-refractivity contribution in [2.24, 2.45) is 5.92 Å². The average Bonchev–Trinajstić information content (AvgIpc) is 3.48. The van der Waals surface area contributed by atoms with Crippen molar-refractivity contribution in [2.75, 3.05) is 5.32 Å². The number of nitrogens with one attached hydrogen (secondary N) is 2. The molecule has 0 saturated heterocycles. The first kappa shape index (κ1) is 18.3. The van der Waals surface area contributed by atoms with Gasteiger partial charge in [0.1, 0.15) is 11.2 Å². The maximum atomic E-state index is 12.6. The van der Waals surface area contributed by atoms with Gasteiger partial charge in [-0.15, -0.1) is 16.4 Å². The molecule has 0 atom stereocenters. The van der Waals surface area contributed by atoms with Crippen LogP contribution in [0.15, 0.2) is 42.0 Å². The molecule has 4 rings (SSSR count). The van der Waals surface area contributed by atoms with Gasteiger partial charge < -0.3 is 10.6 Å². The van der Waals surface area contributed by atoms with Crippen LogP contribution in [0.1, 0.15) is 40.9 Å². The number of aromatic nitrogens is 4. The quantitative estimate of drug-likeness (QED) is 0.667. The molecule has 1 saturated carbocycles. The van der Waals surface area contributed by atoms with E-state index in [-0.39, 0.29) is 17.7 Å². The monoisotopic (exact) mass is 396 g/mol. The fraction of sp³-hybridized carbons (Fsp3) is 0.316. The minimum absolute atomic E-state index is 0.0864. The lowest BCUT2D eigenvalue weighted by Gasteiger charge is -2.12. The van der Waals surface area contributed by atoms with Gasteiger partial charge in [0.2, 0.25) is 5.91 Å². The van der Waals surface area contributed by atoms with Crippen LogP contribution in [-0.2, 0) is 11.3 Å². The van der Waals surface area contributed by atoms with E-state index in [1.807, 2.05) is 29.6 Å². The Bertz CT molecular complexity index is 962. The van der Waals surface area contributed by atoms with Gasteiger partial charge >= 0.3 is 0 Å². The molecular formula is C19H20N6O2S. The van der Waals surface area contributed by atoms with E-state index in [2.05, 4.69) is 26.2 Å². The first-order valence-corrected chi connectivity index (χ1v) is 10.1. The summed E-state index contributed by atoms with van der Waals surface area (Å²) < 4.78 is 1.46. The van der Waals surface area contributed by atoms with E-state index in [0.717, 1.165) is 36.9 Å². The Labute approximate surface area is 166 Å². The van der Waals surface area contributed by atoms with E-state index in [9.17, 15) is 9.59 Å². The molecule has 1 aliphatic carbocycles. The van der Waals surface area contributed by atoms with Crippen LogP contribution in [0.2, 0.25) is 0 Å². The van der Waals surface area contributed by atoms with Crippen LogP contribution in [0.25, 0.3) is 5.69 Å². The molecule has 2 heterocycles. The third-order valence-corrected chi connectivity index (χ3v) is 5.72. The van der Waals surface area contributed by atoms with E-state index in [4.69, 9.17) is 0 Å². The van der Waals surface area contributed by atoms with Crippen molar-refractivity contribution in [3.05, 3.63) is 52.5 Å². The van der Waals surface area contributed by atoms with Crippen LogP contribution < -0.4 is 10.6 Å². The zero-order valence-corrected chi connectivity index (χ0v) is 16.0. The van der Waals surface area contributed by atoms with E-state index in [1.165, 1.54) is 22.3 Å². The number of rotatable bonds is 6. The van der Waals surface area contributed by atoms with E-state index < -0.39 is 0 Å². The molecule has 1 fully saturated rings. The van der Waals surface area contributed by atoms with Gasteiger partial charge in [-0.05, 0) is 52.4 Å². The standard InChI is InChI=1S/C19H20N6O2S/c26-18(14-5-1-2-6-14)22-15-7-3-4-13(10-15)11-20-19(27)17-16(8-9-28-17)25-12-21-23-24-25/h3-4,7-10,12,14H,1-2,5-6,11H2,(H,20,27)(H,22,26). The van der Waals surface area contributed by atoms with Gasteiger partial charge in [0.05, 0.1) is 5.69 Å². The zero-order chi connectivity index (χ0) is 19.3. The highest BCUT2D eigenvalue weighted by atomic mass is 32.1. The van der Waals surface area contributed by atoms with Gasteiger partial charge in [0.25, 0.3) is 5.91 Å². The van der Waals surface area contributed by atoms with Crippen LogP contribution in [0.3, 0.4) is 0 Å². The van der Waals surface area contributed by atoms with Crippen molar-refractivity contribution in [2.45, 2.75) is 32.2 Å². The number of hydrogen-bond donors (Lipinski definition) is 2. The maximum absolute atomic E-state index is 12.6. The summed E-state index contributed by atoms with van der Waals surface area (Å²) in [6.07, 6.45) is 5.63. The Hall–Kier alpha value is -3.07. The second kappa shape index (κ2) is 8.30. The number of anilines is 1. The van der Waals surface area contributed by atoms with E-state index in [1.54, 1.807) is 6.07 Å².